The maximum absolute atomic E-state index is 4.00. The Hall–Kier alpha value is -1.45. The average Bonchev–Trinajstić information content (AvgIpc) is 2.34. The van der Waals surface area contributed by atoms with Gasteiger partial charge in [0.25, 0.3) is 0 Å². The Morgan fingerprint density at radius 3 is 3.30 bits per heavy atom. The second kappa shape index (κ2) is 1.76. The van der Waals surface area contributed by atoms with E-state index >= 15 is 0 Å². The molecule has 4 nitrogen and oxygen atoms in total. The SMILES string of the molecule is Cn1ncc2[c]ncnc21. The van der Waals surface area contributed by atoms with Crippen LogP contribution in [-0.2, 0) is 7.05 Å². The highest BCUT2D eigenvalue weighted by Crippen LogP contribution is 2.04. The van der Waals surface area contributed by atoms with E-state index in [2.05, 4.69) is 21.3 Å². The van der Waals surface area contributed by atoms with Gasteiger partial charge in [0.15, 0.2) is 5.65 Å². The Balaban J connectivity index is 2.93. The molecule has 0 aliphatic heterocycles. The number of fused-ring (bicyclic) bond motifs is 1. The quantitative estimate of drug-likeness (QED) is 0.514. The minimum absolute atomic E-state index is 0.815. The van der Waals surface area contributed by atoms with E-state index in [9.17, 15) is 0 Å². The van der Waals surface area contributed by atoms with Gasteiger partial charge in [-0.3, -0.25) is 4.68 Å². The lowest BCUT2D eigenvalue weighted by atomic mass is 10.4. The van der Waals surface area contributed by atoms with Crippen LogP contribution in [0.4, 0.5) is 0 Å². The summed E-state index contributed by atoms with van der Waals surface area (Å²) >= 11 is 0. The van der Waals surface area contributed by atoms with E-state index in [1.54, 1.807) is 10.9 Å². The molecule has 0 aliphatic carbocycles. The first-order valence-electron chi connectivity index (χ1n) is 2.88. The van der Waals surface area contributed by atoms with Crippen molar-refractivity contribution in [3.05, 3.63) is 18.7 Å². The van der Waals surface area contributed by atoms with Crippen LogP contribution >= 0.6 is 0 Å². The molecular weight excluding hydrogens is 128 g/mol. The molecule has 0 spiro atoms. The smallest absolute Gasteiger partial charge is 0.161 e. The van der Waals surface area contributed by atoms with Gasteiger partial charge in [0, 0.05) is 7.05 Å². The zero-order valence-corrected chi connectivity index (χ0v) is 5.44. The standard InChI is InChI=1S/C6H5N4/c1-10-6-5(3-9-10)2-7-4-8-6/h3-4H,1H3. The predicted molar refractivity (Wildman–Crippen MR) is 35.1 cm³/mol. The summed E-state index contributed by atoms with van der Waals surface area (Å²) in [6.45, 7) is 0. The van der Waals surface area contributed by atoms with Crippen LogP contribution in [0.2, 0.25) is 0 Å². The van der Waals surface area contributed by atoms with Crippen molar-refractivity contribution in [2.24, 2.45) is 7.05 Å². The van der Waals surface area contributed by atoms with Crippen LogP contribution in [-0.4, -0.2) is 19.7 Å². The molecule has 10 heavy (non-hydrogen) atoms. The summed E-state index contributed by atoms with van der Waals surface area (Å²) in [5.41, 5.74) is 0.815. The van der Waals surface area contributed by atoms with Gasteiger partial charge in [0.1, 0.15) is 12.5 Å². The third kappa shape index (κ3) is 0.586. The van der Waals surface area contributed by atoms with Crippen LogP contribution in [0.5, 0.6) is 0 Å². The lowest BCUT2D eigenvalue weighted by Gasteiger charge is -1.87. The first kappa shape index (κ1) is 5.34. The van der Waals surface area contributed by atoms with E-state index in [4.69, 9.17) is 0 Å². The molecule has 0 atom stereocenters. The van der Waals surface area contributed by atoms with Crippen molar-refractivity contribution in [1.82, 2.24) is 19.7 Å². The van der Waals surface area contributed by atoms with Gasteiger partial charge in [-0.25, -0.2) is 9.97 Å². The third-order valence-electron chi connectivity index (χ3n) is 1.33. The van der Waals surface area contributed by atoms with Crippen molar-refractivity contribution in [3.63, 3.8) is 0 Å². The molecule has 49 valence electrons. The maximum atomic E-state index is 4.00. The largest absolute Gasteiger partial charge is 0.250 e. The minimum atomic E-state index is 0.815. The van der Waals surface area contributed by atoms with Crippen molar-refractivity contribution < 1.29 is 0 Å². The van der Waals surface area contributed by atoms with Crippen LogP contribution in [0.15, 0.2) is 12.5 Å². The second-order valence-corrected chi connectivity index (χ2v) is 1.99. The number of rotatable bonds is 0. The summed E-state index contributed by atoms with van der Waals surface area (Å²) < 4.78 is 1.69. The summed E-state index contributed by atoms with van der Waals surface area (Å²) in [7, 11) is 1.84. The first-order chi connectivity index (χ1) is 4.88. The topological polar surface area (TPSA) is 43.6 Å². The molecule has 0 unspecified atom stereocenters. The molecule has 2 aromatic rings. The van der Waals surface area contributed by atoms with Crippen LogP contribution < -0.4 is 0 Å². The Bertz CT molecular complexity index is 351. The highest BCUT2D eigenvalue weighted by atomic mass is 15.3. The highest BCUT2D eigenvalue weighted by Gasteiger charge is 1.97. The van der Waals surface area contributed by atoms with Gasteiger partial charge in [-0.2, -0.15) is 5.10 Å². The van der Waals surface area contributed by atoms with Crippen LogP contribution in [0.25, 0.3) is 11.0 Å². The van der Waals surface area contributed by atoms with E-state index in [0.717, 1.165) is 11.0 Å². The molecular formula is C6H5N4. The van der Waals surface area contributed by atoms with Gasteiger partial charge in [-0.15, -0.1) is 0 Å². The zero-order chi connectivity index (χ0) is 6.97. The molecule has 0 aliphatic rings. The molecule has 0 N–H and O–H groups in total. The van der Waals surface area contributed by atoms with Gasteiger partial charge >= 0.3 is 0 Å². The minimum Gasteiger partial charge on any atom is -0.250 e. The van der Waals surface area contributed by atoms with Crippen molar-refractivity contribution >= 4 is 11.0 Å². The maximum Gasteiger partial charge on any atom is 0.161 e. The Morgan fingerprint density at radius 1 is 1.60 bits per heavy atom. The molecule has 0 aromatic carbocycles. The summed E-state index contributed by atoms with van der Waals surface area (Å²) in [6, 6.07) is 0. The Labute approximate surface area is 57.5 Å². The molecule has 0 amide bonds. The number of aromatic nitrogens is 4. The predicted octanol–water partition coefficient (Wildman–Crippen LogP) is 0.163. The second-order valence-electron chi connectivity index (χ2n) is 1.99. The monoisotopic (exact) mass is 133 g/mol. The third-order valence-corrected chi connectivity index (χ3v) is 1.33. The lowest BCUT2D eigenvalue weighted by Crippen LogP contribution is -1.90. The lowest BCUT2D eigenvalue weighted by molar-refractivity contribution is 0.785. The summed E-state index contributed by atoms with van der Waals surface area (Å²) in [5, 5.41) is 4.83. The van der Waals surface area contributed by atoms with Crippen molar-refractivity contribution in [2.45, 2.75) is 0 Å². The van der Waals surface area contributed by atoms with E-state index in [0.29, 0.717) is 0 Å². The number of hydrogen-bond donors (Lipinski definition) is 0. The van der Waals surface area contributed by atoms with Crippen molar-refractivity contribution in [2.75, 3.05) is 0 Å². The molecule has 0 bridgehead atoms. The summed E-state index contributed by atoms with van der Waals surface area (Å²) in [5.74, 6) is 0. The molecule has 1 radical (unpaired) electrons. The normalized spacial score (nSPS) is 10.5. The van der Waals surface area contributed by atoms with E-state index < -0.39 is 0 Å². The molecule has 0 saturated carbocycles. The fourth-order valence-electron chi connectivity index (χ4n) is 0.845. The molecule has 0 fully saturated rings. The summed E-state index contributed by atoms with van der Waals surface area (Å²) in [6.07, 6.45) is 5.93. The molecule has 2 aromatic heterocycles. The molecule has 2 heterocycles. The van der Waals surface area contributed by atoms with Crippen LogP contribution in [0.3, 0.4) is 0 Å². The van der Waals surface area contributed by atoms with Gasteiger partial charge in [0.2, 0.25) is 0 Å². The molecule has 0 saturated heterocycles. The number of nitrogens with zero attached hydrogens (tertiary/aromatic N) is 4. The van der Waals surface area contributed by atoms with Gasteiger partial charge in [-0.1, -0.05) is 0 Å². The van der Waals surface area contributed by atoms with Gasteiger partial charge in [0.05, 0.1) is 11.6 Å². The Morgan fingerprint density at radius 2 is 2.50 bits per heavy atom. The number of aryl methyl sites for hydroxylation is 1. The van der Waals surface area contributed by atoms with E-state index in [-0.39, 0.29) is 0 Å². The van der Waals surface area contributed by atoms with Crippen LogP contribution in [0.1, 0.15) is 0 Å². The van der Waals surface area contributed by atoms with Crippen molar-refractivity contribution in [1.29, 1.82) is 0 Å². The van der Waals surface area contributed by atoms with Crippen molar-refractivity contribution in [3.8, 4) is 0 Å². The fraction of sp³-hybridized carbons (Fsp3) is 0.167. The number of hydrogen-bond acceptors (Lipinski definition) is 3. The first-order valence-corrected chi connectivity index (χ1v) is 2.88. The molecule has 2 rings (SSSR count). The van der Waals surface area contributed by atoms with Crippen LogP contribution in [0, 0.1) is 6.20 Å². The Kier molecular flexibility index (Phi) is 0.943. The summed E-state index contributed by atoms with van der Waals surface area (Å²) in [4.78, 5) is 7.74. The van der Waals surface area contributed by atoms with Gasteiger partial charge in [-0.05, 0) is 0 Å². The van der Waals surface area contributed by atoms with Gasteiger partial charge < -0.3 is 0 Å². The fourth-order valence-corrected chi connectivity index (χ4v) is 0.845. The average molecular weight is 133 g/mol. The van der Waals surface area contributed by atoms with E-state index in [1.807, 2.05) is 7.05 Å². The zero-order valence-electron chi connectivity index (χ0n) is 5.44. The molecule has 4 heteroatoms. The van der Waals surface area contributed by atoms with E-state index in [1.165, 1.54) is 6.33 Å². The highest BCUT2D eigenvalue weighted by molar-refractivity contribution is 5.71.